The van der Waals surface area contributed by atoms with Gasteiger partial charge in [-0.3, -0.25) is 0 Å². The van der Waals surface area contributed by atoms with E-state index in [1.807, 2.05) is 10.8 Å². The summed E-state index contributed by atoms with van der Waals surface area (Å²) in [7, 11) is 0. The highest BCUT2D eigenvalue weighted by Gasteiger charge is 2.21. The summed E-state index contributed by atoms with van der Waals surface area (Å²) in [6.07, 6.45) is 3.67. The monoisotopic (exact) mass is 207 g/mol. The largest absolute Gasteiger partial charge is 0.344 e. The molecule has 0 N–H and O–H groups in total. The molecule has 2 heterocycles. The van der Waals surface area contributed by atoms with Crippen molar-refractivity contribution in [2.45, 2.75) is 25.8 Å². The van der Waals surface area contributed by atoms with Crippen molar-refractivity contribution in [2.75, 3.05) is 0 Å². The molecule has 1 nitrogen and oxygen atoms in total. The average Bonchev–Trinajstić information content (AvgIpc) is 2.65. The molecule has 0 radical (unpaired) electrons. The number of aromatic nitrogens is 1. The lowest BCUT2D eigenvalue weighted by molar-refractivity contribution is 0.491. The Morgan fingerprint density at radius 2 is 2.20 bits per heavy atom. The molecular formula is C12H11F2N. The number of halogens is 2. The van der Waals surface area contributed by atoms with Crippen molar-refractivity contribution in [2.24, 2.45) is 0 Å². The molecule has 78 valence electrons. The number of aryl methyl sites for hydroxylation is 1. The molecule has 3 rings (SSSR count). The van der Waals surface area contributed by atoms with E-state index in [2.05, 4.69) is 6.92 Å². The Labute approximate surface area is 86.3 Å². The Hall–Kier alpha value is -1.38. The number of nitrogens with zero attached hydrogens (tertiary/aromatic N) is 1. The zero-order valence-electron chi connectivity index (χ0n) is 8.43. The zero-order chi connectivity index (χ0) is 10.6. The van der Waals surface area contributed by atoms with Crippen LogP contribution in [-0.4, -0.2) is 4.57 Å². The van der Waals surface area contributed by atoms with E-state index in [1.165, 1.54) is 6.07 Å². The predicted molar refractivity (Wildman–Crippen MR) is 54.9 cm³/mol. The molecule has 0 amide bonds. The Kier molecular flexibility index (Phi) is 1.67. The third-order valence-electron chi connectivity index (χ3n) is 3.27. The highest BCUT2D eigenvalue weighted by atomic mass is 19.2. The van der Waals surface area contributed by atoms with Gasteiger partial charge in [0.25, 0.3) is 0 Å². The predicted octanol–water partition coefficient (Wildman–Crippen LogP) is 3.43. The van der Waals surface area contributed by atoms with Crippen LogP contribution >= 0.6 is 0 Å². The van der Waals surface area contributed by atoms with E-state index in [1.54, 1.807) is 6.07 Å². The number of rotatable bonds is 0. The maximum Gasteiger partial charge on any atom is 0.168 e. The van der Waals surface area contributed by atoms with Crippen LogP contribution in [0.25, 0.3) is 10.9 Å². The van der Waals surface area contributed by atoms with E-state index >= 15 is 0 Å². The van der Waals surface area contributed by atoms with Crippen molar-refractivity contribution in [3.05, 3.63) is 35.5 Å². The summed E-state index contributed by atoms with van der Waals surface area (Å²) in [4.78, 5) is 0. The summed E-state index contributed by atoms with van der Waals surface area (Å²) >= 11 is 0. The van der Waals surface area contributed by atoms with Gasteiger partial charge in [-0.1, -0.05) is 0 Å². The minimum absolute atomic E-state index is 0.375. The van der Waals surface area contributed by atoms with E-state index in [9.17, 15) is 8.78 Å². The zero-order valence-corrected chi connectivity index (χ0v) is 8.43. The minimum Gasteiger partial charge on any atom is -0.344 e. The summed E-state index contributed by atoms with van der Waals surface area (Å²) in [5.74, 6) is -1.45. The van der Waals surface area contributed by atoms with Gasteiger partial charge in [0.1, 0.15) is 0 Å². The second kappa shape index (κ2) is 2.81. The van der Waals surface area contributed by atoms with Gasteiger partial charge in [-0.15, -0.1) is 0 Å². The van der Waals surface area contributed by atoms with Crippen LogP contribution in [0.2, 0.25) is 0 Å². The fourth-order valence-corrected chi connectivity index (χ4v) is 2.44. The maximum absolute atomic E-state index is 13.5. The Morgan fingerprint density at radius 1 is 1.40 bits per heavy atom. The minimum atomic E-state index is -0.732. The first-order chi connectivity index (χ1) is 7.18. The molecular weight excluding hydrogens is 196 g/mol. The average molecular weight is 207 g/mol. The molecule has 0 spiro atoms. The molecule has 15 heavy (non-hydrogen) atoms. The van der Waals surface area contributed by atoms with E-state index in [-0.39, 0.29) is 0 Å². The smallest absolute Gasteiger partial charge is 0.168 e. The molecule has 0 fully saturated rings. The Balaban J connectivity index is 2.46. The normalized spacial score (nSPS) is 19.8. The van der Waals surface area contributed by atoms with Gasteiger partial charge in [-0.25, -0.2) is 8.78 Å². The molecule has 1 aromatic carbocycles. The standard InChI is InChI=1S/C12H11F2N/c1-7-2-3-8-6-10(13)11(14)9-4-5-15(7)12(8)9/h4-7H,2-3H2,1H3. The molecule has 2 aromatic rings. The van der Waals surface area contributed by atoms with Crippen molar-refractivity contribution in [3.8, 4) is 0 Å². The van der Waals surface area contributed by atoms with Gasteiger partial charge >= 0.3 is 0 Å². The lowest BCUT2D eigenvalue weighted by Gasteiger charge is -2.22. The van der Waals surface area contributed by atoms with Gasteiger partial charge in [-0.05, 0) is 37.5 Å². The summed E-state index contributed by atoms with van der Waals surface area (Å²) < 4.78 is 28.8. The highest BCUT2D eigenvalue weighted by molar-refractivity contribution is 5.84. The lowest BCUT2D eigenvalue weighted by atomic mass is 9.99. The van der Waals surface area contributed by atoms with Crippen LogP contribution < -0.4 is 0 Å². The fourth-order valence-electron chi connectivity index (χ4n) is 2.44. The van der Waals surface area contributed by atoms with Crippen molar-refractivity contribution in [3.63, 3.8) is 0 Å². The van der Waals surface area contributed by atoms with E-state index < -0.39 is 11.6 Å². The summed E-state index contributed by atoms with van der Waals surface area (Å²) in [5.41, 5.74) is 1.79. The lowest BCUT2D eigenvalue weighted by Crippen LogP contribution is -2.12. The number of hydrogen-bond acceptors (Lipinski definition) is 0. The molecule has 3 heteroatoms. The number of benzene rings is 1. The summed E-state index contributed by atoms with van der Waals surface area (Å²) in [5, 5.41) is 0.413. The van der Waals surface area contributed by atoms with Gasteiger partial charge in [0, 0.05) is 17.6 Å². The van der Waals surface area contributed by atoms with Crippen LogP contribution in [0.5, 0.6) is 0 Å². The molecule has 0 saturated heterocycles. The van der Waals surface area contributed by atoms with Crippen molar-refractivity contribution in [1.29, 1.82) is 0 Å². The van der Waals surface area contributed by atoms with Gasteiger partial charge in [0.15, 0.2) is 11.6 Å². The van der Waals surface area contributed by atoms with Crippen LogP contribution in [0.1, 0.15) is 24.9 Å². The topological polar surface area (TPSA) is 4.93 Å². The maximum atomic E-state index is 13.5. The molecule has 1 aromatic heterocycles. The molecule has 1 unspecified atom stereocenters. The summed E-state index contributed by atoms with van der Waals surface area (Å²) in [6, 6.07) is 3.37. The highest BCUT2D eigenvalue weighted by Crippen LogP contribution is 2.34. The second-order valence-electron chi connectivity index (χ2n) is 4.20. The molecule has 0 saturated carbocycles. The van der Waals surface area contributed by atoms with E-state index in [4.69, 9.17) is 0 Å². The van der Waals surface area contributed by atoms with Crippen molar-refractivity contribution < 1.29 is 8.78 Å². The molecule has 1 aliphatic heterocycles. The van der Waals surface area contributed by atoms with Crippen LogP contribution in [0.3, 0.4) is 0 Å². The van der Waals surface area contributed by atoms with Crippen molar-refractivity contribution in [1.82, 2.24) is 4.57 Å². The number of hydrogen-bond donors (Lipinski definition) is 0. The second-order valence-corrected chi connectivity index (χ2v) is 4.20. The molecule has 0 aliphatic carbocycles. The SMILES string of the molecule is CC1CCc2cc(F)c(F)c3ccn1c23. The molecule has 1 aliphatic rings. The Morgan fingerprint density at radius 3 is 3.00 bits per heavy atom. The van der Waals surface area contributed by atoms with Crippen LogP contribution in [0, 0.1) is 11.6 Å². The van der Waals surface area contributed by atoms with Crippen LogP contribution in [0.15, 0.2) is 18.3 Å². The first kappa shape index (κ1) is 8.89. The quantitative estimate of drug-likeness (QED) is 0.623. The van der Waals surface area contributed by atoms with Crippen LogP contribution in [-0.2, 0) is 6.42 Å². The van der Waals surface area contributed by atoms with Gasteiger partial charge in [0.2, 0.25) is 0 Å². The van der Waals surface area contributed by atoms with Crippen molar-refractivity contribution >= 4 is 10.9 Å². The fraction of sp³-hybridized carbons (Fsp3) is 0.333. The summed E-state index contributed by atoms with van der Waals surface area (Å²) in [6.45, 7) is 2.10. The van der Waals surface area contributed by atoms with E-state index in [0.29, 0.717) is 11.4 Å². The molecule has 1 atom stereocenters. The van der Waals surface area contributed by atoms with Crippen LogP contribution in [0.4, 0.5) is 8.78 Å². The third-order valence-corrected chi connectivity index (χ3v) is 3.27. The first-order valence-corrected chi connectivity index (χ1v) is 5.16. The van der Waals surface area contributed by atoms with E-state index in [0.717, 1.165) is 23.9 Å². The Bertz CT molecular complexity index is 542. The van der Waals surface area contributed by atoms with Gasteiger partial charge in [0.05, 0.1) is 5.52 Å². The third kappa shape index (κ3) is 1.06. The van der Waals surface area contributed by atoms with Gasteiger partial charge in [-0.2, -0.15) is 0 Å². The van der Waals surface area contributed by atoms with Gasteiger partial charge < -0.3 is 4.57 Å². The first-order valence-electron chi connectivity index (χ1n) is 5.16. The molecule has 0 bridgehead atoms.